The van der Waals surface area contributed by atoms with E-state index in [2.05, 4.69) is 21.5 Å². The van der Waals surface area contributed by atoms with Gasteiger partial charge in [0.1, 0.15) is 24.1 Å². The fourth-order valence-corrected chi connectivity index (χ4v) is 4.51. The first-order valence-corrected chi connectivity index (χ1v) is 11.9. The van der Waals surface area contributed by atoms with Crippen molar-refractivity contribution < 1.29 is 14.4 Å². The summed E-state index contributed by atoms with van der Waals surface area (Å²) < 4.78 is 1.51. The van der Waals surface area contributed by atoms with Gasteiger partial charge in [-0.15, -0.1) is 0 Å². The third kappa shape index (κ3) is 4.69. The van der Waals surface area contributed by atoms with Gasteiger partial charge in [0.05, 0.1) is 17.1 Å². The van der Waals surface area contributed by atoms with Gasteiger partial charge in [0.25, 0.3) is 0 Å². The Labute approximate surface area is 213 Å². The van der Waals surface area contributed by atoms with Crippen LogP contribution in [0.5, 0.6) is 0 Å². The summed E-state index contributed by atoms with van der Waals surface area (Å²) >= 11 is 0. The summed E-state index contributed by atoms with van der Waals surface area (Å²) in [6.45, 7) is 3.65. The molecule has 2 aromatic carbocycles. The normalized spacial score (nSPS) is 14.6. The molecule has 0 saturated carbocycles. The van der Waals surface area contributed by atoms with Crippen molar-refractivity contribution in [3.63, 3.8) is 0 Å². The maximum atomic E-state index is 13.2. The summed E-state index contributed by atoms with van der Waals surface area (Å²) in [6, 6.07) is 19.7. The summed E-state index contributed by atoms with van der Waals surface area (Å²) in [6.07, 6.45) is 0.563. The van der Waals surface area contributed by atoms with E-state index in [1.165, 1.54) is 16.5 Å². The number of ketones is 1. The van der Waals surface area contributed by atoms with Crippen LogP contribution in [-0.2, 0) is 16.1 Å². The van der Waals surface area contributed by atoms with Crippen molar-refractivity contribution in [2.45, 2.75) is 32.9 Å². The zero-order chi connectivity index (χ0) is 26.1. The van der Waals surface area contributed by atoms with Crippen LogP contribution in [0.4, 0.5) is 5.82 Å². The lowest BCUT2D eigenvalue weighted by Crippen LogP contribution is -2.57. The van der Waals surface area contributed by atoms with Crippen molar-refractivity contribution in [3.05, 3.63) is 77.6 Å². The van der Waals surface area contributed by atoms with Crippen molar-refractivity contribution in [3.8, 4) is 17.2 Å². The summed E-state index contributed by atoms with van der Waals surface area (Å²) in [7, 11) is 0. The van der Waals surface area contributed by atoms with Gasteiger partial charge in [-0.25, -0.2) is 4.98 Å². The van der Waals surface area contributed by atoms with E-state index in [0.29, 0.717) is 35.2 Å². The zero-order valence-electron chi connectivity index (χ0n) is 20.4. The minimum Gasteiger partial charge on any atom is -0.329 e. The van der Waals surface area contributed by atoms with Crippen LogP contribution in [0.3, 0.4) is 0 Å². The highest BCUT2D eigenvalue weighted by Gasteiger charge is 2.38. The summed E-state index contributed by atoms with van der Waals surface area (Å²) in [4.78, 5) is 44.1. The molecule has 0 bridgehead atoms. The average Bonchev–Trinajstić information content (AvgIpc) is 3.21. The number of nitrogens with zero attached hydrogens (tertiary/aromatic N) is 5. The van der Waals surface area contributed by atoms with Gasteiger partial charge in [-0.05, 0) is 60.9 Å². The van der Waals surface area contributed by atoms with Crippen LogP contribution < -0.4 is 5.32 Å². The molecule has 0 radical (unpaired) electrons. The van der Waals surface area contributed by atoms with E-state index in [4.69, 9.17) is 0 Å². The van der Waals surface area contributed by atoms with E-state index in [1.54, 1.807) is 24.3 Å². The number of anilines is 1. The molecule has 1 N–H and O–H groups in total. The zero-order valence-corrected chi connectivity index (χ0v) is 20.4. The van der Waals surface area contributed by atoms with Crippen LogP contribution in [-0.4, -0.2) is 49.8 Å². The smallest absolute Gasteiger partial charge is 0.248 e. The van der Waals surface area contributed by atoms with E-state index >= 15 is 0 Å². The molecule has 2 aromatic heterocycles. The number of Topliss-reactive ketones (excluding diaryl/α,β-unsaturated/α-hetero) is 1. The molecule has 1 fully saturated rings. The van der Waals surface area contributed by atoms with Crippen molar-refractivity contribution in [2.24, 2.45) is 0 Å². The number of hydrogen-bond acceptors (Lipinski definition) is 6. The van der Waals surface area contributed by atoms with Crippen LogP contribution in [0, 0.1) is 18.3 Å². The number of amides is 2. The Balaban J connectivity index is 1.38. The molecule has 0 aliphatic carbocycles. The summed E-state index contributed by atoms with van der Waals surface area (Å²) in [5.74, 6) is -0.304. The molecule has 1 aliphatic heterocycles. The molecule has 0 unspecified atom stereocenters. The molecule has 3 heterocycles. The molecule has 1 aliphatic rings. The number of aromatic nitrogens is 3. The predicted octanol–water partition coefficient (Wildman–Crippen LogP) is 3.72. The molecule has 1 atom stereocenters. The van der Waals surface area contributed by atoms with Gasteiger partial charge >= 0.3 is 0 Å². The van der Waals surface area contributed by atoms with Crippen LogP contribution in [0.1, 0.15) is 35.1 Å². The Kier molecular flexibility index (Phi) is 6.24. The Bertz CT molecular complexity index is 1600. The number of aryl methyl sites for hydroxylation is 1. The third-order valence-corrected chi connectivity index (χ3v) is 6.48. The lowest BCUT2D eigenvalue weighted by Gasteiger charge is -2.39. The number of benzene rings is 2. The van der Waals surface area contributed by atoms with Crippen LogP contribution in [0.2, 0.25) is 0 Å². The molecular formula is C28H24N6O3. The highest BCUT2D eigenvalue weighted by molar-refractivity contribution is 6.06. The third-order valence-electron chi connectivity index (χ3n) is 6.48. The number of pyridine rings is 1. The maximum absolute atomic E-state index is 13.2. The first kappa shape index (κ1) is 23.9. The number of rotatable bonds is 6. The molecule has 9 nitrogen and oxygen atoms in total. The number of fused-ring (bicyclic) bond motifs is 1. The molecule has 1 saturated heterocycles. The van der Waals surface area contributed by atoms with Crippen molar-refractivity contribution >= 4 is 34.3 Å². The quantitative estimate of drug-likeness (QED) is 0.410. The van der Waals surface area contributed by atoms with Gasteiger partial charge < -0.3 is 10.2 Å². The molecule has 184 valence electrons. The molecular weight excluding hydrogens is 468 g/mol. The van der Waals surface area contributed by atoms with Crippen LogP contribution in [0.15, 0.2) is 60.7 Å². The fraction of sp³-hybridized carbons (Fsp3) is 0.214. The second-order valence-electron chi connectivity index (χ2n) is 9.03. The van der Waals surface area contributed by atoms with Crippen molar-refractivity contribution in [2.75, 3.05) is 11.9 Å². The standard InChI is InChI=1S/C28H24N6O3/c1-17-5-3-8-25(30-17)31-28(37)24-11-12-33(24)26(36)16-34-23-10-9-21(14-22(23)27(32-34)18(2)35)20-7-4-6-19(13-20)15-29/h3-10,13-14,24H,11-12,16H2,1-2H3,(H,30,31,37)/t24-/m0/s1. The van der Waals surface area contributed by atoms with E-state index in [1.807, 2.05) is 43.3 Å². The monoisotopic (exact) mass is 492 g/mol. The molecule has 2 amide bonds. The van der Waals surface area contributed by atoms with E-state index in [-0.39, 0.29) is 29.8 Å². The van der Waals surface area contributed by atoms with Gasteiger partial charge in [-0.1, -0.05) is 24.3 Å². The number of carbonyl (C=O) groups excluding carboxylic acids is 3. The van der Waals surface area contributed by atoms with E-state index < -0.39 is 6.04 Å². The van der Waals surface area contributed by atoms with E-state index in [9.17, 15) is 19.6 Å². The topological polar surface area (TPSA) is 121 Å². The number of hydrogen-bond donors (Lipinski definition) is 1. The Morgan fingerprint density at radius 2 is 1.86 bits per heavy atom. The van der Waals surface area contributed by atoms with Gasteiger partial charge in [0.2, 0.25) is 11.8 Å². The minimum atomic E-state index is -0.581. The van der Waals surface area contributed by atoms with Gasteiger partial charge in [0.15, 0.2) is 5.78 Å². The Morgan fingerprint density at radius 3 is 2.57 bits per heavy atom. The van der Waals surface area contributed by atoms with Crippen LogP contribution >= 0.6 is 0 Å². The fourth-order valence-electron chi connectivity index (χ4n) is 4.51. The van der Waals surface area contributed by atoms with Gasteiger partial charge in [0, 0.05) is 24.5 Å². The molecule has 37 heavy (non-hydrogen) atoms. The number of nitrogens with one attached hydrogen (secondary N) is 1. The highest BCUT2D eigenvalue weighted by Crippen LogP contribution is 2.28. The van der Waals surface area contributed by atoms with Crippen molar-refractivity contribution in [1.82, 2.24) is 19.7 Å². The molecule has 0 spiro atoms. The largest absolute Gasteiger partial charge is 0.329 e. The van der Waals surface area contributed by atoms with Gasteiger partial charge in [-0.2, -0.15) is 10.4 Å². The number of carbonyl (C=O) groups is 3. The molecule has 9 heteroatoms. The first-order chi connectivity index (χ1) is 17.8. The minimum absolute atomic E-state index is 0.0977. The lowest BCUT2D eigenvalue weighted by molar-refractivity contribution is -0.145. The Hall–Kier alpha value is -4.84. The Morgan fingerprint density at radius 1 is 1.08 bits per heavy atom. The number of likely N-dealkylation sites (tertiary alicyclic amines) is 1. The van der Waals surface area contributed by atoms with Crippen LogP contribution in [0.25, 0.3) is 22.0 Å². The number of nitriles is 1. The average molecular weight is 493 g/mol. The predicted molar refractivity (Wildman–Crippen MR) is 138 cm³/mol. The van der Waals surface area contributed by atoms with Crippen molar-refractivity contribution in [1.29, 1.82) is 5.26 Å². The second kappa shape index (κ2) is 9.66. The van der Waals surface area contributed by atoms with E-state index in [0.717, 1.165) is 16.8 Å². The lowest BCUT2D eigenvalue weighted by atomic mass is 10.0. The maximum Gasteiger partial charge on any atom is 0.248 e. The van der Waals surface area contributed by atoms with Gasteiger partial charge in [-0.3, -0.25) is 19.1 Å². The molecule has 4 aromatic rings. The SMILES string of the molecule is CC(=O)c1nn(CC(=O)N2CC[C@H]2C(=O)Nc2cccc(C)n2)c2ccc(-c3cccc(C#N)c3)cc12. The first-order valence-electron chi connectivity index (χ1n) is 11.9. The molecule has 5 rings (SSSR count). The second-order valence-corrected chi connectivity index (χ2v) is 9.03. The summed E-state index contributed by atoms with van der Waals surface area (Å²) in [5, 5.41) is 17.1. The summed E-state index contributed by atoms with van der Waals surface area (Å²) in [5.41, 5.74) is 3.91. The highest BCUT2D eigenvalue weighted by atomic mass is 16.2.